The number of allylic oxidation sites excluding steroid dienone is 5. The Balaban J connectivity index is 1.68. The van der Waals surface area contributed by atoms with Gasteiger partial charge in [-0.05, 0) is 86.2 Å². The molecule has 0 heterocycles. The second-order valence-electron chi connectivity index (χ2n) is 11.0. The van der Waals surface area contributed by atoms with Crippen LogP contribution in [0.25, 0.3) is 0 Å². The molecule has 0 aromatic carbocycles. The molecule has 3 N–H and O–H groups in total. The predicted octanol–water partition coefficient (Wildman–Crippen LogP) is 6.41. The second-order valence-corrected chi connectivity index (χ2v) is 11.0. The number of aliphatic hydroxyl groups is 3. The first kappa shape index (κ1) is 25.5. The van der Waals surface area contributed by atoms with E-state index in [2.05, 4.69) is 52.5 Å². The van der Waals surface area contributed by atoms with E-state index in [1.807, 2.05) is 0 Å². The van der Waals surface area contributed by atoms with Crippen LogP contribution in [-0.2, 0) is 0 Å². The first-order valence-corrected chi connectivity index (χ1v) is 13.0. The SMILES string of the molecule is C=C1/C(=C\C=C2/CCC[C@]3(C)C([C@H](C)CCCC(O)(CC)CC)=CCC23)C[C@@H](O)C[C@@H]1O. The van der Waals surface area contributed by atoms with Gasteiger partial charge in [-0.3, -0.25) is 0 Å². The van der Waals surface area contributed by atoms with Crippen molar-refractivity contribution in [2.45, 2.75) is 116 Å². The maximum atomic E-state index is 10.6. The fraction of sp³-hybridized carbons (Fsp3) is 0.724. The zero-order valence-corrected chi connectivity index (χ0v) is 20.9. The van der Waals surface area contributed by atoms with Crippen LogP contribution in [0, 0.1) is 17.3 Å². The zero-order valence-electron chi connectivity index (χ0n) is 20.9. The number of fused-ring (bicyclic) bond motifs is 1. The highest BCUT2D eigenvalue weighted by Gasteiger charge is 2.45. The minimum atomic E-state index is -0.626. The third-order valence-electron chi connectivity index (χ3n) is 9.00. The average Bonchev–Trinajstić information content (AvgIpc) is 3.12. The third-order valence-corrected chi connectivity index (χ3v) is 9.00. The van der Waals surface area contributed by atoms with Gasteiger partial charge in [-0.15, -0.1) is 0 Å². The van der Waals surface area contributed by atoms with E-state index in [1.54, 1.807) is 5.57 Å². The van der Waals surface area contributed by atoms with Gasteiger partial charge in [0, 0.05) is 6.42 Å². The van der Waals surface area contributed by atoms with Crippen LogP contribution in [0.15, 0.2) is 47.1 Å². The smallest absolute Gasteiger partial charge is 0.0811 e. The number of hydrogen-bond donors (Lipinski definition) is 3. The summed E-state index contributed by atoms with van der Waals surface area (Å²) in [5.41, 5.74) is 4.65. The molecule has 0 saturated heterocycles. The molecule has 0 spiro atoms. The van der Waals surface area contributed by atoms with Crippen molar-refractivity contribution in [3.63, 3.8) is 0 Å². The quantitative estimate of drug-likeness (QED) is 0.381. The lowest BCUT2D eigenvalue weighted by Gasteiger charge is -2.42. The van der Waals surface area contributed by atoms with Gasteiger partial charge in [0.1, 0.15) is 0 Å². The molecule has 0 aromatic heterocycles. The standard InChI is InChI=1S/C29H46O3/c1-6-29(32,7-2)17-8-10-20(3)25-14-15-26-22(11-9-16-28(25,26)5)12-13-23-18-24(30)19-27(31)21(23)4/h12-14,20,24,26-27,30-32H,4,6-11,15-19H2,1-3,5H3/b22-12+,23-13-/t20-,24-,26?,27+,28-/m1/s1. The van der Waals surface area contributed by atoms with Gasteiger partial charge in [0.15, 0.2) is 0 Å². The Bertz CT molecular complexity index is 769. The lowest BCUT2D eigenvalue weighted by Crippen LogP contribution is -2.32. The Labute approximate surface area is 196 Å². The molecular formula is C29H46O3. The maximum Gasteiger partial charge on any atom is 0.0811 e. The van der Waals surface area contributed by atoms with Gasteiger partial charge in [-0.25, -0.2) is 0 Å². The summed E-state index contributed by atoms with van der Waals surface area (Å²) in [5.74, 6) is 1.12. The number of aliphatic hydroxyl groups excluding tert-OH is 2. The van der Waals surface area contributed by atoms with Crippen LogP contribution in [-0.4, -0.2) is 33.1 Å². The molecule has 0 aliphatic heterocycles. The molecule has 2 saturated carbocycles. The minimum Gasteiger partial charge on any atom is -0.393 e. The van der Waals surface area contributed by atoms with E-state index < -0.39 is 17.8 Å². The van der Waals surface area contributed by atoms with Gasteiger partial charge in [-0.2, -0.15) is 0 Å². The Kier molecular flexibility index (Phi) is 8.28. The third kappa shape index (κ3) is 5.32. The minimum absolute atomic E-state index is 0.233. The van der Waals surface area contributed by atoms with Gasteiger partial charge in [-0.1, -0.05) is 70.1 Å². The van der Waals surface area contributed by atoms with Crippen molar-refractivity contribution in [3.05, 3.63) is 47.1 Å². The summed E-state index contributed by atoms with van der Waals surface area (Å²) in [6, 6.07) is 0. The van der Waals surface area contributed by atoms with E-state index in [0.29, 0.717) is 24.7 Å². The highest BCUT2D eigenvalue weighted by molar-refractivity contribution is 5.40. The average molecular weight is 443 g/mol. The molecule has 3 nitrogen and oxygen atoms in total. The molecule has 0 bridgehead atoms. The van der Waals surface area contributed by atoms with Gasteiger partial charge >= 0.3 is 0 Å². The highest BCUT2D eigenvalue weighted by atomic mass is 16.3. The van der Waals surface area contributed by atoms with Crippen LogP contribution in [0.1, 0.15) is 98.3 Å². The van der Waals surface area contributed by atoms with Crippen LogP contribution in [0.5, 0.6) is 0 Å². The topological polar surface area (TPSA) is 60.7 Å². The van der Waals surface area contributed by atoms with Crippen LogP contribution >= 0.6 is 0 Å². The van der Waals surface area contributed by atoms with Gasteiger partial charge in [0.05, 0.1) is 17.8 Å². The Morgan fingerprint density at radius 1 is 1.25 bits per heavy atom. The molecule has 3 heteroatoms. The number of rotatable bonds is 8. The van der Waals surface area contributed by atoms with Crippen molar-refractivity contribution in [1.82, 2.24) is 0 Å². The van der Waals surface area contributed by atoms with Gasteiger partial charge in [0.25, 0.3) is 0 Å². The van der Waals surface area contributed by atoms with Crippen LogP contribution in [0.4, 0.5) is 0 Å². The Morgan fingerprint density at radius 3 is 2.66 bits per heavy atom. The molecule has 180 valence electrons. The lowest BCUT2D eigenvalue weighted by molar-refractivity contribution is 0.0204. The molecule has 0 radical (unpaired) electrons. The van der Waals surface area contributed by atoms with Crippen molar-refractivity contribution in [2.75, 3.05) is 0 Å². The Hall–Kier alpha value is -1.16. The van der Waals surface area contributed by atoms with E-state index in [4.69, 9.17) is 0 Å². The van der Waals surface area contributed by atoms with E-state index >= 15 is 0 Å². The maximum absolute atomic E-state index is 10.6. The largest absolute Gasteiger partial charge is 0.393 e. The summed E-state index contributed by atoms with van der Waals surface area (Å²) >= 11 is 0. The van der Waals surface area contributed by atoms with Crippen molar-refractivity contribution in [1.29, 1.82) is 0 Å². The van der Waals surface area contributed by atoms with Crippen molar-refractivity contribution in [3.8, 4) is 0 Å². The summed E-state index contributed by atoms with van der Waals surface area (Å²) < 4.78 is 0. The van der Waals surface area contributed by atoms with Gasteiger partial charge in [0.2, 0.25) is 0 Å². The summed E-state index contributed by atoms with van der Waals surface area (Å²) in [6.07, 6.45) is 16.3. The molecule has 3 rings (SSSR count). The van der Waals surface area contributed by atoms with Crippen molar-refractivity contribution >= 4 is 0 Å². The van der Waals surface area contributed by atoms with Crippen molar-refractivity contribution in [2.24, 2.45) is 17.3 Å². The summed E-state index contributed by atoms with van der Waals surface area (Å²) in [4.78, 5) is 0. The molecule has 0 amide bonds. The summed E-state index contributed by atoms with van der Waals surface area (Å²) in [5, 5.41) is 30.8. The van der Waals surface area contributed by atoms with E-state index in [-0.39, 0.29) is 5.41 Å². The normalized spacial score (nSPS) is 34.7. The monoisotopic (exact) mass is 442 g/mol. The molecule has 32 heavy (non-hydrogen) atoms. The highest BCUT2D eigenvalue weighted by Crippen LogP contribution is 2.57. The summed E-state index contributed by atoms with van der Waals surface area (Å²) in [6.45, 7) is 13.1. The zero-order chi connectivity index (χ0) is 23.5. The van der Waals surface area contributed by atoms with E-state index in [1.165, 1.54) is 18.4 Å². The molecule has 0 aromatic rings. The van der Waals surface area contributed by atoms with Crippen LogP contribution in [0.2, 0.25) is 0 Å². The fourth-order valence-electron chi connectivity index (χ4n) is 6.58. The molecular weight excluding hydrogens is 396 g/mol. The first-order chi connectivity index (χ1) is 15.1. The van der Waals surface area contributed by atoms with E-state index in [9.17, 15) is 15.3 Å². The van der Waals surface area contributed by atoms with E-state index in [0.717, 1.165) is 56.1 Å². The second kappa shape index (κ2) is 10.4. The molecule has 3 aliphatic carbocycles. The molecule has 2 fully saturated rings. The summed E-state index contributed by atoms with van der Waals surface area (Å²) in [7, 11) is 0. The van der Waals surface area contributed by atoms with Crippen LogP contribution in [0.3, 0.4) is 0 Å². The first-order valence-electron chi connectivity index (χ1n) is 13.0. The molecule has 5 atom stereocenters. The lowest BCUT2D eigenvalue weighted by atomic mass is 9.62. The molecule has 1 unspecified atom stereocenters. The van der Waals surface area contributed by atoms with Crippen LogP contribution < -0.4 is 0 Å². The molecule has 3 aliphatic rings. The predicted molar refractivity (Wildman–Crippen MR) is 133 cm³/mol. The fourth-order valence-corrected chi connectivity index (χ4v) is 6.58. The Morgan fingerprint density at radius 2 is 1.97 bits per heavy atom. The number of hydrogen-bond acceptors (Lipinski definition) is 3. The van der Waals surface area contributed by atoms with Crippen molar-refractivity contribution < 1.29 is 15.3 Å². The van der Waals surface area contributed by atoms with Gasteiger partial charge < -0.3 is 15.3 Å².